The molecule has 0 aliphatic carbocycles. The summed E-state index contributed by atoms with van der Waals surface area (Å²) >= 11 is 0. The number of nitrogens with one attached hydrogen (secondary N) is 2. The molecule has 0 aliphatic heterocycles. The Kier molecular flexibility index (Phi) is 8.51. The summed E-state index contributed by atoms with van der Waals surface area (Å²) in [6.07, 6.45) is 0. The van der Waals surface area contributed by atoms with Crippen molar-refractivity contribution in [1.29, 1.82) is 5.26 Å². The van der Waals surface area contributed by atoms with Gasteiger partial charge in [-0.15, -0.1) is 0 Å². The van der Waals surface area contributed by atoms with E-state index in [1.54, 1.807) is 30.3 Å². The van der Waals surface area contributed by atoms with E-state index in [9.17, 15) is 9.59 Å². The molecule has 3 N–H and O–H groups in total. The Morgan fingerprint density at radius 2 is 1.63 bits per heavy atom. The molecule has 3 rings (SSSR count). The second kappa shape index (κ2) is 12.0. The number of hydrogen-bond acceptors (Lipinski definition) is 7. The van der Waals surface area contributed by atoms with Gasteiger partial charge in [-0.05, 0) is 35.9 Å². The van der Waals surface area contributed by atoms with Crippen LogP contribution in [0.15, 0.2) is 66.7 Å². The first-order chi connectivity index (χ1) is 16.9. The van der Waals surface area contributed by atoms with Crippen LogP contribution < -0.4 is 24.8 Å². The van der Waals surface area contributed by atoms with Crippen molar-refractivity contribution >= 4 is 17.6 Å². The highest BCUT2D eigenvalue weighted by molar-refractivity contribution is 5.87. The van der Waals surface area contributed by atoms with Crippen LogP contribution in [0.5, 0.6) is 17.2 Å². The molecule has 180 valence electrons. The predicted molar refractivity (Wildman–Crippen MR) is 128 cm³/mol. The molecule has 35 heavy (non-hydrogen) atoms. The minimum Gasteiger partial charge on any atom is -0.493 e. The summed E-state index contributed by atoms with van der Waals surface area (Å²) in [4.78, 5) is 24.6. The van der Waals surface area contributed by atoms with Crippen LogP contribution in [0.3, 0.4) is 0 Å². The third-order valence-electron chi connectivity index (χ3n) is 5.07. The summed E-state index contributed by atoms with van der Waals surface area (Å²) in [5.74, 6) is -0.751. The molecule has 0 radical (unpaired) electrons. The van der Waals surface area contributed by atoms with E-state index in [0.29, 0.717) is 28.3 Å². The van der Waals surface area contributed by atoms with Gasteiger partial charge in [0.25, 0.3) is 0 Å². The number of methoxy groups -OCH3 is 2. The largest absolute Gasteiger partial charge is 0.493 e. The van der Waals surface area contributed by atoms with Gasteiger partial charge in [0.05, 0.1) is 25.9 Å². The molecule has 1 unspecified atom stereocenters. The van der Waals surface area contributed by atoms with Crippen LogP contribution in [-0.2, 0) is 16.1 Å². The number of benzene rings is 3. The highest BCUT2D eigenvalue weighted by atomic mass is 16.5. The summed E-state index contributed by atoms with van der Waals surface area (Å²) in [6, 6.07) is 20.1. The fraction of sp³-hybridized carbons (Fsp3) is 0.192. The molecule has 0 aromatic heterocycles. The molecule has 0 heterocycles. The number of carbonyl (C=O) groups is 2. The van der Waals surface area contributed by atoms with Crippen molar-refractivity contribution in [3.8, 4) is 23.3 Å². The van der Waals surface area contributed by atoms with Gasteiger partial charge in [-0.3, -0.25) is 4.79 Å². The van der Waals surface area contributed by atoms with E-state index in [0.717, 1.165) is 5.56 Å². The van der Waals surface area contributed by atoms with Crippen molar-refractivity contribution in [3.63, 3.8) is 0 Å². The molecule has 3 aromatic rings. The van der Waals surface area contributed by atoms with Crippen molar-refractivity contribution in [2.45, 2.75) is 12.6 Å². The molecule has 0 spiro atoms. The Balaban J connectivity index is 2.01. The second-order valence-corrected chi connectivity index (χ2v) is 7.40. The van der Waals surface area contributed by atoms with Crippen molar-refractivity contribution < 1.29 is 28.9 Å². The zero-order valence-corrected chi connectivity index (χ0v) is 19.3. The third-order valence-corrected chi connectivity index (χ3v) is 5.07. The molecule has 1 amide bonds. The molecule has 0 fully saturated rings. The molecular formula is C26H25N3O6. The number of carbonyl (C=O) groups excluding carboxylic acids is 1. The van der Waals surface area contributed by atoms with E-state index in [1.807, 2.05) is 30.3 Å². The van der Waals surface area contributed by atoms with Crippen molar-refractivity contribution in [1.82, 2.24) is 5.32 Å². The first-order valence-corrected chi connectivity index (χ1v) is 10.6. The van der Waals surface area contributed by atoms with E-state index in [1.165, 1.54) is 20.3 Å². The Morgan fingerprint density at radius 1 is 0.971 bits per heavy atom. The van der Waals surface area contributed by atoms with Gasteiger partial charge in [0.2, 0.25) is 5.91 Å². The monoisotopic (exact) mass is 475 g/mol. The molecule has 0 saturated heterocycles. The first-order valence-electron chi connectivity index (χ1n) is 10.6. The van der Waals surface area contributed by atoms with Crippen molar-refractivity contribution in [2.75, 3.05) is 26.1 Å². The lowest BCUT2D eigenvalue weighted by Crippen LogP contribution is -2.33. The van der Waals surface area contributed by atoms with Crippen LogP contribution in [0.1, 0.15) is 22.7 Å². The fourth-order valence-corrected chi connectivity index (χ4v) is 3.35. The van der Waals surface area contributed by atoms with Crippen molar-refractivity contribution in [3.05, 3.63) is 83.4 Å². The maximum atomic E-state index is 13.4. The Bertz CT molecular complexity index is 1210. The number of hydrogen-bond donors (Lipinski definition) is 3. The Hall–Kier alpha value is -4.71. The molecule has 3 aromatic carbocycles. The lowest BCUT2D eigenvalue weighted by atomic mass is 10.0. The maximum Gasteiger partial charge on any atom is 0.341 e. The van der Waals surface area contributed by atoms with Gasteiger partial charge in [-0.2, -0.15) is 5.26 Å². The molecule has 1 atom stereocenters. The predicted octanol–water partition coefficient (Wildman–Crippen LogP) is 3.51. The fourth-order valence-electron chi connectivity index (χ4n) is 3.35. The number of aliphatic carboxylic acids is 1. The minimum atomic E-state index is -1.17. The van der Waals surface area contributed by atoms with E-state index in [2.05, 4.69) is 16.7 Å². The lowest BCUT2D eigenvalue weighted by molar-refractivity contribution is -0.139. The summed E-state index contributed by atoms with van der Waals surface area (Å²) in [6.45, 7) is -0.332. The summed E-state index contributed by atoms with van der Waals surface area (Å²) in [5, 5.41) is 24.3. The van der Waals surface area contributed by atoms with Crippen LogP contribution in [0.2, 0.25) is 0 Å². The van der Waals surface area contributed by atoms with Gasteiger partial charge in [-0.1, -0.05) is 30.3 Å². The quantitative estimate of drug-likeness (QED) is 0.384. The maximum absolute atomic E-state index is 13.4. The number of ether oxygens (including phenoxy) is 3. The zero-order valence-electron chi connectivity index (χ0n) is 19.3. The smallest absolute Gasteiger partial charge is 0.341 e. The van der Waals surface area contributed by atoms with Crippen LogP contribution in [-0.4, -0.2) is 37.8 Å². The van der Waals surface area contributed by atoms with Crippen LogP contribution in [0.25, 0.3) is 0 Å². The van der Waals surface area contributed by atoms with Crippen LogP contribution in [0.4, 0.5) is 5.69 Å². The molecule has 9 heteroatoms. The van der Waals surface area contributed by atoms with Crippen molar-refractivity contribution in [2.24, 2.45) is 0 Å². The number of rotatable bonds is 11. The molecular weight excluding hydrogens is 450 g/mol. The number of nitriles is 1. The van der Waals surface area contributed by atoms with Gasteiger partial charge in [0.15, 0.2) is 18.1 Å². The number of carboxylic acid groups (broad SMARTS) is 1. The third kappa shape index (κ3) is 6.65. The normalized spacial score (nSPS) is 11.0. The van der Waals surface area contributed by atoms with Crippen LogP contribution in [0, 0.1) is 11.3 Å². The average Bonchev–Trinajstić information content (AvgIpc) is 2.89. The van der Waals surface area contributed by atoms with Crippen LogP contribution >= 0.6 is 0 Å². The highest BCUT2D eigenvalue weighted by Gasteiger charge is 2.27. The van der Waals surface area contributed by atoms with E-state index < -0.39 is 18.6 Å². The Morgan fingerprint density at radius 3 is 2.23 bits per heavy atom. The standard InChI is InChI=1S/C26H25N3O6/c1-33-22-12-20(21(13-23(22)34-2)35-16-24(30)31)25(29-19-10-8-17(14-27)9-11-19)26(32)28-15-18-6-4-3-5-7-18/h3-13,25,29H,15-16H2,1-2H3,(H,28,32)(H,30,31). The van der Waals surface area contributed by atoms with Gasteiger partial charge >= 0.3 is 5.97 Å². The van der Waals surface area contributed by atoms with Gasteiger partial charge in [0, 0.05) is 23.9 Å². The molecule has 9 nitrogen and oxygen atoms in total. The van der Waals surface area contributed by atoms with E-state index in [4.69, 9.17) is 24.6 Å². The number of anilines is 1. The highest BCUT2D eigenvalue weighted by Crippen LogP contribution is 2.39. The number of amides is 1. The van der Waals surface area contributed by atoms with E-state index in [-0.39, 0.29) is 18.2 Å². The number of nitrogens with zero attached hydrogens (tertiary/aromatic N) is 1. The number of carboxylic acids is 1. The van der Waals surface area contributed by atoms with Gasteiger partial charge in [-0.25, -0.2) is 4.79 Å². The molecule has 0 bridgehead atoms. The topological polar surface area (TPSA) is 130 Å². The lowest BCUT2D eigenvalue weighted by Gasteiger charge is -2.24. The molecule has 0 aliphatic rings. The Labute approximate surface area is 202 Å². The average molecular weight is 476 g/mol. The molecule has 0 saturated carbocycles. The summed E-state index contributed by atoms with van der Waals surface area (Å²) in [7, 11) is 2.90. The summed E-state index contributed by atoms with van der Waals surface area (Å²) < 4.78 is 16.2. The first kappa shape index (κ1) is 24.9. The summed E-state index contributed by atoms with van der Waals surface area (Å²) in [5.41, 5.74) is 2.30. The SMILES string of the molecule is COc1cc(OCC(=O)O)c(C(Nc2ccc(C#N)cc2)C(=O)NCc2ccccc2)cc1OC. The minimum absolute atomic E-state index is 0.144. The second-order valence-electron chi connectivity index (χ2n) is 7.40. The zero-order chi connectivity index (χ0) is 25.2. The van der Waals surface area contributed by atoms with Gasteiger partial charge < -0.3 is 30.0 Å². The van der Waals surface area contributed by atoms with E-state index >= 15 is 0 Å². The van der Waals surface area contributed by atoms with Gasteiger partial charge in [0.1, 0.15) is 11.8 Å².